The number of rotatable bonds is 3. The van der Waals surface area contributed by atoms with E-state index in [1.165, 1.54) is 6.42 Å². The number of methoxy groups -OCH3 is 1. The van der Waals surface area contributed by atoms with Crippen LogP contribution < -0.4 is 5.73 Å². The number of nitrogen functional groups attached to an aromatic ring is 1. The van der Waals surface area contributed by atoms with Crippen LogP contribution in [0.5, 0.6) is 0 Å². The molecule has 0 radical (unpaired) electrons. The number of hydrogen-bond donors (Lipinski definition) is 1. The summed E-state index contributed by atoms with van der Waals surface area (Å²) >= 11 is 3.41. The molecule has 6 heteroatoms. The largest absolute Gasteiger partial charge is 0.397 e. The van der Waals surface area contributed by atoms with Gasteiger partial charge in [0.05, 0.1) is 11.3 Å². The monoisotopic (exact) mass is 351 g/mol. The second kappa shape index (κ2) is 5.77. The molecule has 5 nitrogen and oxygen atoms in total. The van der Waals surface area contributed by atoms with E-state index in [-0.39, 0.29) is 0 Å². The summed E-state index contributed by atoms with van der Waals surface area (Å²) < 4.78 is 12.0. The summed E-state index contributed by atoms with van der Waals surface area (Å²) in [4.78, 5) is 4.55. The molecule has 2 N–H and O–H groups in total. The van der Waals surface area contributed by atoms with Gasteiger partial charge in [-0.15, -0.1) is 0 Å². The van der Waals surface area contributed by atoms with Gasteiger partial charge in [0, 0.05) is 11.6 Å². The zero-order valence-corrected chi connectivity index (χ0v) is 13.5. The Balaban J connectivity index is 1.98. The molecule has 0 saturated heterocycles. The van der Waals surface area contributed by atoms with E-state index in [2.05, 4.69) is 26.1 Å². The summed E-state index contributed by atoms with van der Waals surface area (Å²) in [5.74, 6) is 1.06. The highest BCUT2D eigenvalue weighted by molar-refractivity contribution is 9.10. The molecule has 1 saturated carbocycles. The second-order valence-electron chi connectivity index (χ2n) is 5.38. The lowest BCUT2D eigenvalue weighted by Crippen LogP contribution is -2.32. The number of nitrogens with two attached hydrogens (primary N) is 1. The van der Waals surface area contributed by atoms with Crippen molar-refractivity contribution >= 4 is 21.6 Å². The Hall–Kier alpha value is -1.40. The molecule has 0 atom stereocenters. The molecule has 112 valence electrons. The van der Waals surface area contributed by atoms with Gasteiger partial charge in [0.2, 0.25) is 5.82 Å². The van der Waals surface area contributed by atoms with Gasteiger partial charge >= 0.3 is 0 Å². The van der Waals surface area contributed by atoms with E-state index in [1.807, 2.05) is 18.2 Å². The predicted octanol–water partition coefficient (Wildman–Crippen LogP) is 3.89. The van der Waals surface area contributed by atoms with Gasteiger partial charge in [-0.1, -0.05) is 30.5 Å². The molecular weight excluding hydrogens is 334 g/mol. The summed E-state index contributed by atoms with van der Waals surface area (Å²) in [5, 5.41) is 4.15. The molecule has 1 fully saturated rings. The maximum absolute atomic E-state index is 6.06. The standard InChI is InChI=1S/C15H18BrN3O2/c1-20-15(8-3-2-4-9-15)14-18-13(21-19-14)10-6-5-7-11(16)12(10)17/h5-7H,2-4,8-9,17H2,1H3. The van der Waals surface area contributed by atoms with Gasteiger partial charge in [0.15, 0.2) is 0 Å². The van der Waals surface area contributed by atoms with E-state index in [9.17, 15) is 0 Å². The van der Waals surface area contributed by atoms with Crippen molar-refractivity contribution in [1.29, 1.82) is 0 Å². The lowest BCUT2D eigenvalue weighted by molar-refractivity contribution is -0.0527. The van der Waals surface area contributed by atoms with Gasteiger partial charge in [-0.3, -0.25) is 0 Å². The van der Waals surface area contributed by atoms with Crippen LogP contribution in [0.15, 0.2) is 27.2 Å². The first-order valence-corrected chi connectivity index (χ1v) is 7.89. The minimum atomic E-state index is -0.416. The van der Waals surface area contributed by atoms with Crippen LogP contribution in [0.4, 0.5) is 5.69 Å². The molecule has 21 heavy (non-hydrogen) atoms. The molecule has 0 bridgehead atoms. The SMILES string of the molecule is COC1(c2noc(-c3cccc(Br)c3N)n2)CCCCC1. The fourth-order valence-electron chi connectivity index (χ4n) is 2.88. The van der Waals surface area contributed by atoms with Crippen LogP contribution in [0, 0.1) is 0 Å². The molecule has 1 aliphatic rings. The van der Waals surface area contributed by atoms with Crippen molar-refractivity contribution in [3.05, 3.63) is 28.5 Å². The Bertz CT molecular complexity index is 636. The molecule has 2 aromatic rings. The van der Waals surface area contributed by atoms with Crippen molar-refractivity contribution in [2.24, 2.45) is 0 Å². The molecule has 0 spiro atoms. The molecule has 1 heterocycles. The Morgan fingerprint density at radius 1 is 1.29 bits per heavy atom. The minimum absolute atomic E-state index is 0.416. The van der Waals surface area contributed by atoms with E-state index in [1.54, 1.807) is 7.11 Å². The third-order valence-corrected chi connectivity index (χ3v) is 4.86. The van der Waals surface area contributed by atoms with Gasteiger partial charge < -0.3 is 15.0 Å². The van der Waals surface area contributed by atoms with Gasteiger partial charge in [0.1, 0.15) is 5.60 Å². The number of anilines is 1. The van der Waals surface area contributed by atoms with Crippen LogP contribution in [-0.2, 0) is 10.3 Å². The molecule has 1 aromatic carbocycles. The lowest BCUT2D eigenvalue weighted by atomic mass is 9.84. The third kappa shape index (κ3) is 2.58. The van der Waals surface area contributed by atoms with E-state index >= 15 is 0 Å². The topological polar surface area (TPSA) is 74.2 Å². The normalized spacial score (nSPS) is 17.8. The number of para-hydroxylation sites is 1. The minimum Gasteiger partial charge on any atom is -0.397 e. The summed E-state index contributed by atoms with van der Waals surface area (Å²) in [6.45, 7) is 0. The summed E-state index contributed by atoms with van der Waals surface area (Å²) in [7, 11) is 1.72. The summed E-state index contributed by atoms with van der Waals surface area (Å²) in [6, 6.07) is 5.65. The zero-order valence-electron chi connectivity index (χ0n) is 11.9. The highest BCUT2D eigenvalue weighted by Gasteiger charge is 2.38. The van der Waals surface area contributed by atoms with Gasteiger partial charge in [-0.2, -0.15) is 4.98 Å². The fourth-order valence-corrected chi connectivity index (χ4v) is 3.25. The predicted molar refractivity (Wildman–Crippen MR) is 83.6 cm³/mol. The number of ether oxygens (including phenoxy) is 1. The number of hydrogen-bond acceptors (Lipinski definition) is 5. The molecule has 1 aromatic heterocycles. The van der Waals surface area contributed by atoms with Crippen molar-refractivity contribution in [2.75, 3.05) is 12.8 Å². The molecule has 0 aliphatic heterocycles. The Kier molecular flexibility index (Phi) is 3.99. The van der Waals surface area contributed by atoms with E-state index in [0.717, 1.165) is 35.7 Å². The number of aromatic nitrogens is 2. The maximum Gasteiger partial charge on any atom is 0.260 e. The Morgan fingerprint density at radius 3 is 2.76 bits per heavy atom. The molecule has 0 amide bonds. The molecule has 1 aliphatic carbocycles. The average Bonchev–Trinajstić information content (AvgIpc) is 3.01. The van der Waals surface area contributed by atoms with Crippen LogP contribution in [-0.4, -0.2) is 17.3 Å². The Morgan fingerprint density at radius 2 is 2.05 bits per heavy atom. The van der Waals surface area contributed by atoms with Gasteiger partial charge in [-0.05, 0) is 40.9 Å². The first-order chi connectivity index (χ1) is 10.2. The number of benzene rings is 1. The molecule has 3 rings (SSSR count). The van der Waals surface area contributed by atoms with E-state index in [0.29, 0.717) is 17.4 Å². The average molecular weight is 352 g/mol. The van der Waals surface area contributed by atoms with Crippen molar-refractivity contribution in [3.8, 4) is 11.5 Å². The number of halogens is 1. The van der Waals surface area contributed by atoms with Gasteiger partial charge in [0.25, 0.3) is 5.89 Å². The summed E-state index contributed by atoms with van der Waals surface area (Å²) in [6.07, 6.45) is 5.33. The first-order valence-electron chi connectivity index (χ1n) is 7.10. The van der Waals surface area contributed by atoms with Crippen molar-refractivity contribution in [1.82, 2.24) is 10.1 Å². The molecular formula is C15H18BrN3O2. The van der Waals surface area contributed by atoms with Crippen molar-refractivity contribution in [3.63, 3.8) is 0 Å². The molecule has 0 unspecified atom stereocenters. The van der Waals surface area contributed by atoms with E-state index < -0.39 is 5.60 Å². The van der Waals surface area contributed by atoms with E-state index in [4.69, 9.17) is 15.0 Å². The van der Waals surface area contributed by atoms with Gasteiger partial charge in [-0.25, -0.2) is 0 Å². The number of nitrogens with zero attached hydrogens (tertiary/aromatic N) is 2. The maximum atomic E-state index is 6.06. The van der Waals surface area contributed by atoms with Crippen LogP contribution in [0.3, 0.4) is 0 Å². The Labute approximate surface area is 132 Å². The first kappa shape index (κ1) is 14.5. The third-order valence-electron chi connectivity index (χ3n) is 4.17. The van der Waals surface area contributed by atoms with Crippen molar-refractivity contribution < 1.29 is 9.26 Å². The zero-order chi connectivity index (χ0) is 14.9. The van der Waals surface area contributed by atoms with Crippen LogP contribution in [0.1, 0.15) is 37.9 Å². The fraction of sp³-hybridized carbons (Fsp3) is 0.467. The highest BCUT2D eigenvalue weighted by atomic mass is 79.9. The summed E-state index contributed by atoms with van der Waals surface area (Å²) in [5.41, 5.74) is 6.99. The van der Waals surface area contributed by atoms with Crippen LogP contribution in [0.2, 0.25) is 0 Å². The van der Waals surface area contributed by atoms with Crippen LogP contribution >= 0.6 is 15.9 Å². The van der Waals surface area contributed by atoms with Crippen molar-refractivity contribution in [2.45, 2.75) is 37.7 Å². The highest BCUT2D eigenvalue weighted by Crippen LogP contribution is 2.40. The lowest BCUT2D eigenvalue weighted by Gasteiger charge is -2.32. The quantitative estimate of drug-likeness (QED) is 0.849. The van der Waals surface area contributed by atoms with Crippen LogP contribution in [0.25, 0.3) is 11.5 Å². The smallest absolute Gasteiger partial charge is 0.260 e. The second-order valence-corrected chi connectivity index (χ2v) is 6.24.